The Labute approximate surface area is 102 Å². The van der Waals surface area contributed by atoms with E-state index >= 15 is 0 Å². The molecule has 0 spiro atoms. The number of aryl methyl sites for hydroxylation is 2. The second-order valence-corrected chi connectivity index (χ2v) is 4.01. The molecule has 17 heavy (non-hydrogen) atoms. The number of imidazole rings is 1. The Morgan fingerprint density at radius 2 is 2.18 bits per heavy atom. The Morgan fingerprint density at radius 3 is 2.65 bits per heavy atom. The third-order valence-corrected chi connectivity index (χ3v) is 2.41. The van der Waals surface area contributed by atoms with E-state index in [0.29, 0.717) is 5.69 Å². The van der Waals surface area contributed by atoms with Crippen molar-refractivity contribution < 1.29 is 4.79 Å². The summed E-state index contributed by atoms with van der Waals surface area (Å²) in [6, 6.07) is 0. The van der Waals surface area contributed by atoms with E-state index in [1.165, 1.54) is 0 Å². The van der Waals surface area contributed by atoms with Crippen molar-refractivity contribution in [2.45, 2.75) is 20.3 Å². The molecule has 0 aliphatic heterocycles. The lowest BCUT2D eigenvalue weighted by Gasteiger charge is -2.05. The quantitative estimate of drug-likeness (QED) is 0.577. The summed E-state index contributed by atoms with van der Waals surface area (Å²) < 4.78 is 1.76. The normalized spacial score (nSPS) is 10.8. The maximum atomic E-state index is 12.1. The number of allylic oxidation sites excluding steroid dienone is 1. The van der Waals surface area contributed by atoms with Gasteiger partial charge in [-0.25, -0.2) is 4.98 Å². The standard InChI is InChI=1S/C13H19N3O/c1-6-12-14-10(3)13(16(12)7-2)11(17)8-9-15(4)5/h7-9H,2,6H2,1,3-5H3. The highest BCUT2D eigenvalue weighted by molar-refractivity contribution is 6.04. The molecule has 0 atom stereocenters. The van der Waals surface area contributed by atoms with Crippen LogP contribution in [0.25, 0.3) is 6.20 Å². The highest BCUT2D eigenvalue weighted by Crippen LogP contribution is 2.13. The first-order valence-electron chi connectivity index (χ1n) is 5.60. The fourth-order valence-electron chi connectivity index (χ4n) is 1.64. The molecule has 0 unspecified atom stereocenters. The predicted octanol–water partition coefficient (Wildman–Crippen LogP) is 2.11. The summed E-state index contributed by atoms with van der Waals surface area (Å²) in [6.45, 7) is 7.58. The van der Waals surface area contributed by atoms with Crippen molar-refractivity contribution in [1.29, 1.82) is 0 Å². The first-order chi connectivity index (χ1) is 8.01. The molecule has 0 N–H and O–H groups in total. The number of rotatable bonds is 5. The molecule has 0 fully saturated rings. The molecule has 0 radical (unpaired) electrons. The lowest BCUT2D eigenvalue weighted by Crippen LogP contribution is -2.08. The minimum Gasteiger partial charge on any atom is -0.383 e. The van der Waals surface area contributed by atoms with Crippen molar-refractivity contribution in [3.05, 3.63) is 36.1 Å². The van der Waals surface area contributed by atoms with Gasteiger partial charge in [0.25, 0.3) is 0 Å². The molecule has 1 aromatic rings. The van der Waals surface area contributed by atoms with E-state index in [9.17, 15) is 4.79 Å². The first-order valence-corrected chi connectivity index (χ1v) is 5.60. The fraction of sp³-hybridized carbons (Fsp3) is 0.385. The molecule has 92 valence electrons. The molecule has 0 aromatic carbocycles. The summed E-state index contributed by atoms with van der Waals surface area (Å²) >= 11 is 0. The van der Waals surface area contributed by atoms with Gasteiger partial charge in [0.2, 0.25) is 5.78 Å². The van der Waals surface area contributed by atoms with Gasteiger partial charge in [0, 0.05) is 39.0 Å². The number of hydrogen-bond donors (Lipinski definition) is 0. The third-order valence-electron chi connectivity index (χ3n) is 2.41. The summed E-state index contributed by atoms with van der Waals surface area (Å²) in [5, 5.41) is 0. The van der Waals surface area contributed by atoms with E-state index in [0.717, 1.165) is 17.9 Å². The zero-order valence-electron chi connectivity index (χ0n) is 10.9. The van der Waals surface area contributed by atoms with Crippen molar-refractivity contribution in [3.8, 4) is 0 Å². The summed E-state index contributed by atoms with van der Waals surface area (Å²) in [7, 11) is 3.75. The van der Waals surface area contributed by atoms with Gasteiger partial charge in [0.15, 0.2) is 0 Å². The highest BCUT2D eigenvalue weighted by atomic mass is 16.1. The first kappa shape index (κ1) is 13.2. The largest absolute Gasteiger partial charge is 0.383 e. The van der Waals surface area contributed by atoms with Crippen molar-refractivity contribution in [1.82, 2.24) is 14.5 Å². The van der Waals surface area contributed by atoms with Crippen LogP contribution < -0.4 is 0 Å². The molecule has 1 rings (SSSR count). The Hall–Kier alpha value is -1.84. The summed E-state index contributed by atoms with van der Waals surface area (Å²) in [6.07, 6.45) is 5.68. The fourth-order valence-corrected chi connectivity index (χ4v) is 1.64. The Bertz CT molecular complexity index is 455. The monoisotopic (exact) mass is 233 g/mol. The minimum absolute atomic E-state index is 0.0525. The topological polar surface area (TPSA) is 38.1 Å². The number of carbonyl (C=O) groups is 1. The molecule has 4 nitrogen and oxygen atoms in total. The van der Waals surface area contributed by atoms with Crippen molar-refractivity contribution in [2.24, 2.45) is 0 Å². The van der Waals surface area contributed by atoms with Gasteiger partial charge in [-0.3, -0.25) is 4.79 Å². The number of ketones is 1. The number of carbonyl (C=O) groups excluding carboxylic acids is 1. The second kappa shape index (κ2) is 5.48. The van der Waals surface area contributed by atoms with Crippen LogP contribution in [0.3, 0.4) is 0 Å². The third kappa shape index (κ3) is 2.84. The lowest BCUT2D eigenvalue weighted by molar-refractivity contribution is 0.103. The van der Waals surface area contributed by atoms with Crippen molar-refractivity contribution >= 4 is 12.0 Å². The van der Waals surface area contributed by atoms with E-state index in [1.807, 2.05) is 32.8 Å². The van der Waals surface area contributed by atoms with E-state index < -0.39 is 0 Å². The van der Waals surface area contributed by atoms with Gasteiger partial charge in [-0.15, -0.1) is 0 Å². The summed E-state index contributed by atoms with van der Waals surface area (Å²) in [5.74, 6) is 0.808. The second-order valence-electron chi connectivity index (χ2n) is 4.01. The van der Waals surface area contributed by atoms with Gasteiger partial charge in [-0.2, -0.15) is 0 Å². The van der Waals surface area contributed by atoms with Crippen LogP contribution in [0.15, 0.2) is 18.9 Å². The van der Waals surface area contributed by atoms with Gasteiger partial charge in [-0.05, 0) is 6.92 Å². The van der Waals surface area contributed by atoms with Crippen LogP contribution in [0, 0.1) is 6.92 Å². The summed E-state index contributed by atoms with van der Waals surface area (Å²) in [4.78, 5) is 18.3. The number of hydrogen-bond acceptors (Lipinski definition) is 3. The van der Waals surface area contributed by atoms with E-state index in [-0.39, 0.29) is 5.78 Å². The SMILES string of the molecule is C=Cn1c(CC)nc(C)c1C(=O)C=CN(C)C. The van der Waals surface area contributed by atoms with Gasteiger partial charge in [0.1, 0.15) is 11.5 Å². The van der Waals surface area contributed by atoms with Gasteiger partial charge < -0.3 is 9.47 Å². The molecule has 1 heterocycles. The minimum atomic E-state index is -0.0525. The van der Waals surface area contributed by atoms with E-state index in [1.54, 1.807) is 23.0 Å². The molecule has 0 bridgehead atoms. The number of nitrogens with zero attached hydrogens (tertiary/aromatic N) is 3. The smallest absolute Gasteiger partial charge is 0.205 e. The van der Waals surface area contributed by atoms with Crippen LogP contribution in [0.4, 0.5) is 0 Å². The predicted molar refractivity (Wildman–Crippen MR) is 69.9 cm³/mol. The van der Waals surface area contributed by atoms with E-state index in [4.69, 9.17) is 0 Å². The van der Waals surface area contributed by atoms with Crippen LogP contribution in [-0.2, 0) is 6.42 Å². The molecule has 0 amide bonds. The lowest BCUT2D eigenvalue weighted by atomic mass is 10.2. The number of aromatic nitrogens is 2. The Morgan fingerprint density at radius 1 is 1.53 bits per heavy atom. The van der Waals surface area contributed by atoms with Crippen molar-refractivity contribution in [3.63, 3.8) is 0 Å². The average Bonchev–Trinajstić information content (AvgIpc) is 2.62. The highest BCUT2D eigenvalue weighted by Gasteiger charge is 2.16. The van der Waals surface area contributed by atoms with Gasteiger partial charge >= 0.3 is 0 Å². The van der Waals surface area contributed by atoms with E-state index in [2.05, 4.69) is 11.6 Å². The Balaban J connectivity index is 3.17. The van der Waals surface area contributed by atoms with Crippen LogP contribution in [-0.4, -0.2) is 34.3 Å². The molecule has 0 saturated heterocycles. The van der Waals surface area contributed by atoms with Crippen LogP contribution in [0.2, 0.25) is 0 Å². The maximum Gasteiger partial charge on any atom is 0.205 e. The molecule has 0 aliphatic rings. The van der Waals surface area contributed by atoms with Crippen molar-refractivity contribution in [2.75, 3.05) is 14.1 Å². The molecule has 0 aliphatic carbocycles. The maximum absolute atomic E-state index is 12.1. The summed E-state index contributed by atoms with van der Waals surface area (Å²) in [5.41, 5.74) is 1.34. The Kier molecular flexibility index (Phi) is 4.26. The molecule has 1 aromatic heterocycles. The average molecular weight is 233 g/mol. The van der Waals surface area contributed by atoms with Crippen LogP contribution in [0.1, 0.15) is 28.9 Å². The van der Waals surface area contributed by atoms with Gasteiger partial charge in [0.05, 0.1) is 5.69 Å². The molecular formula is C13H19N3O. The molecule has 0 saturated carbocycles. The molecule has 4 heteroatoms. The molecular weight excluding hydrogens is 214 g/mol. The van der Waals surface area contributed by atoms with Crippen LogP contribution >= 0.6 is 0 Å². The zero-order valence-corrected chi connectivity index (χ0v) is 10.9. The zero-order chi connectivity index (χ0) is 13.0. The van der Waals surface area contributed by atoms with Gasteiger partial charge in [-0.1, -0.05) is 13.5 Å². The van der Waals surface area contributed by atoms with Crippen LogP contribution in [0.5, 0.6) is 0 Å².